The lowest BCUT2D eigenvalue weighted by molar-refractivity contribution is 0.147. The molecule has 128 valence electrons. The quantitative estimate of drug-likeness (QED) is 0.580. The minimum Gasteiger partial charge on any atom is -0.373 e. The fourth-order valence-electron chi connectivity index (χ4n) is 2.78. The summed E-state index contributed by atoms with van der Waals surface area (Å²) in [5.41, 5.74) is 3.05. The maximum Gasteiger partial charge on any atom is 0.262 e. The number of aryl methyl sites for hydroxylation is 1. The Morgan fingerprint density at radius 1 is 1.42 bits per heavy atom. The van der Waals surface area contributed by atoms with Gasteiger partial charge in [0, 0.05) is 38.7 Å². The van der Waals surface area contributed by atoms with Gasteiger partial charge in [0.1, 0.15) is 0 Å². The van der Waals surface area contributed by atoms with E-state index in [1.54, 1.807) is 30.1 Å². The number of hydrogen-bond donors (Lipinski definition) is 0. The summed E-state index contributed by atoms with van der Waals surface area (Å²) in [4.78, 5) is 8.20. The number of pyridine rings is 1. The van der Waals surface area contributed by atoms with Crippen LogP contribution in [0.2, 0.25) is 0 Å². The van der Waals surface area contributed by atoms with Crippen LogP contribution in [0.4, 0.5) is 0 Å². The lowest BCUT2D eigenvalue weighted by Crippen LogP contribution is -2.36. The zero-order chi connectivity index (χ0) is 17.2. The molecule has 8 heteroatoms. The summed E-state index contributed by atoms with van der Waals surface area (Å²) >= 11 is 0. The maximum absolute atomic E-state index is 12.7. The number of imidazole rings is 1. The van der Waals surface area contributed by atoms with Crippen LogP contribution in [0, 0.1) is 0 Å². The maximum atomic E-state index is 12.7. The predicted molar refractivity (Wildman–Crippen MR) is 88.6 cm³/mol. The number of aromatic nitrogens is 3. The molecule has 0 aliphatic carbocycles. The van der Waals surface area contributed by atoms with Crippen molar-refractivity contribution in [3.8, 4) is 0 Å². The van der Waals surface area contributed by atoms with Gasteiger partial charge in [0.15, 0.2) is 5.03 Å². The molecule has 24 heavy (non-hydrogen) atoms. The molecule has 0 bridgehead atoms. The fraction of sp³-hybridized carbons (Fsp3) is 0.375. The molecule has 0 saturated heterocycles. The van der Waals surface area contributed by atoms with Gasteiger partial charge >= 0.3 is 0 Å². The summed E-state index contributed by atoms with van der Waals surface area (Å²) < 4.78 is 34.0. The zero-order valence-electron chi connectivity index (χ0n) is 13.6. The first-order valence-electron chi connectivity index (χ1n) is 7.63. The van der Waals surface area contributed by atoms with Gasteiger partial charge < -0.3 is 9.30 Å². The van der Waals surface area contributed by atoms with Crippen LogP contribution in [0.1, 0.15) is 16.7 Å². The summed E-state index contributed by atoms with van der Waals surface area (Å²) in [7, 11) is -1.84. The highest BCUT2D eigenvalue weighted by atomic mass is 32.2. The highest BCUT2D eigenvalue weighted by Gasteiger charge is 2.30. The first kappa shape index (κ1) is 16.8. The van der Waals surface area contributed by atoms with E-state index in [-0.39, 0.29) is 5.03 Å². The van der Waals surface area contributed by atoms with Crippen molar-refractivity contribution < 1.29 is 13.2 Å². The Hall–Kier alpha value is -2.03. The molecule has 2 aromatic rings. The van der Waals surface area contributed by atoms with E-state index in [4.69, 9.17) is 4.74 Å². The number of rotatable bonds is 6. The van der Waals surface area contributed by atoms with Crippen LogP contribution in [0.3, 0.4) is 0 Å². The monoisotopic (exact) mass is 348 g/mol. The highest BCUT2D eigenvalue weighted by molar-refractivity contribution is 7.89. The molecule has 0 radical (unpaired) electrons. The van der Waals surface area contributed by atoms with Gasteiger partial charge in [-0.25, -0.2) is 13.4 Å². The Kier molecular flexibility index (Phi) is 4.79. The third-order valence-electron chi connectivity index (χ3n) is 3.97. The van der Waals surface area contributed by atoms with Crippen molar-refractivity contribution in [2.24, 2.45) is 7.05 Å². The standard InChI is InChI=1S/C16H20N4O3S/c1-3-6-23-11-14-8-17-7-13-9-20(5-4-15(13)14)24(21,22)16-10-19(2)12-18-16/h3,7-8,10,12H,1,4-6,9,11H2,2H3. The average molecular weight is 348 g/mol. The predicted octanol–water partition coefficient (Wildman–Crippen LogP) is 1.26. The summed E-state index contributed by atoms with van der Waals surface area (Å²) in [6.45, 7) is 5.28. The first-order valence-corrected chi connectivity index (χ1v) is 9.07. The van der Waals surface area contributed by atoms with Gasteiger partial charge in [0.05, 0.1) is 19.5 Å². The van der Waals surface area contributed by atoms with Crippen LogP contribution in [0.25, 0.3) is 0 Å². The minimum atomic E-state index is -3.59. The summed E-state index contributed by atoms with van der Waals surface area (Å²) in [6, 6.07) is 0. The van der Waals surface area contributed by atoms with E-state index in [9.17, 15) is 8.42 Å². The Morgan fingerprint density at radius 3 is 2.96 bits per heavy atom. The van der Waals surface area contributed by atoms with Crippen LogP contribution >= 0.6 is 0 Å². The molecule has 0 saturated carbocycles. The average Bonchev–Trinajstić information content (AvgIpc) is 3.02. The summed E-state index contributed by atoms with van der Waals surface area (Å²) in [5.74, 6) is 0. The Morgan fingerprint density at radius 2 is 2.25 bits per heavy atom. The van der Waals surface area contributed by atoms with E-state index in [0.29, 0.717) is 32.7 Å². The van der Waals surface area contributed by atoms with Crippen LogP contribution in [-0.4, -0.2) is 40.4 Å². The van der Waals surface area contributed by atoms with Crippen molar-refractivity contribution >= 4 is 10.0 Å². The zero-order valence-corrected chi connectivity index (χ0v) is 14.4. The van der Waals surface area contributed by atoms with Crippen LogP contribution < -0.4 is 0 Å². The van der Waals surface area contributed by atoms with E-state index in [1.165, 1.54) is 16.8 Å². The molecule has 0 fully saturated rings. The minimum absolute atomic E-state index is 0.0758. The third kappa shape index (κ3) is 3.26. The Balaban J connectivity index is 1.82. The second kappa shape index (κ2) is 6.84. The van der Waals surface area contributed by atoms with Crippen LogP contribution in [0.15, 0.2) is 42.6 Å². The second-order valence-electron chi connectivity index (χ2n) is 5.71. The molecular weight excluding hydrogens is 328 g/mol. The molecule has 7 nitrogen and oxygen atoms in total. The number of sulfonamides is 1. The van der Waals surface area contributed by atoms with E-state index in [1.807, 2.05) is 0 Å². The van der Waals surface area contributed by atoms with E-state index < -0.39 is 10.0 Å². The van der Waals surface area contributed by atoms with E-state index in [0.717, 1.165) is 16.7 Å². The smallest absolute Gasteiger partial charge is 0.262 e. The third-order valence-corrected chi connectivity index (χ3v) is 5.70. The number of nitrogens with zero attached hydrogens (tertiary/aromatic N) is 4. The van der Waals surface area contributed by atoms with Crippen molar-refractivity contribution in [1.29, 1.82) is 0 Å². The highest BCUT2D eigenvalue weighted by Crippen LogP contribution is 2.26. The van der Waals surface area contributed by atoms with Crippen molar-refractivity contribution in [3.63, 3.8) is 0 Å². The number of ether oxygens (including phenoxy) is 1. The lowest BCUT2D eigenvalue weighted by Gasteiger charge is -2.28. The molecule has 0 aromatic carbocycles. The lowest BCUT2D eigenvalue weighted by atomic mass is 9.99. The van der Waals surface area contributed by atoms with Crippen LogP contribution in [-0.2, 0) is 41.4 Å². The molecule has 0 unspecified atom stereocenters. The largest absolute Gasteiger partial charge is 0.373 e. The van der Waals surface area contributed by atoms with Crippen molar-refractivity contribution in [2.45, 2.75) is 24.6 Å². The van der Waals surface area contributed by atoms with E-state index in [2.05, 4.69) is 16.5 Å². The second-order valence-corrected chi connectivity index (χ2v) is 7.59. The normalized spacial score (nSPS) is 15.2. The van der Waals surface area contributed by atoms with Crippen LogP contribution in [0.5, 0.6) is 0 Å². The van der Waals surface area contributed by atoms with Gasteiger partial charge in [0.25, 0.3) is 10.0 Å². The molecule has 2 aromatic heterocycles. The molecule has 0 N–H and O–H groups in total. The van der Waals surface area contributed by atoms with Gasteiger partial charge in [-0.1, -0.05) is 6.08 Å². The fourth-order valence-corrected chi connectivity index (χ4v) is 4.16. The molecule has 3 heterocycles. The van der Waals surface area contributed by atoms with Gasteiger partial charge in [-0.15, -0.1) is 6.58 Å². The van der Waals surface area contributed by atoms with Gasteiger partial charge in [-0.3, -0.25) is 4.98 Å². The summed E-state index contributed by atoms with van der Waals surface area (Å²) in [6.07, 6.45) is 8.85. The van der Waals surface area contributed by atoms with Gasteiger partial charge in [-0.05, 0) is 23.1 Å². The molecular formula is C16H20N4O3S. The molecule has 1 aliphatic heterocycles. The summed E-state index contributed by atoms with van der Waals surface area (Å²) in [5, 5.41) is 0.0758. The van der Waals surface area contributed by atoms with Gasteiger partial charge in [0.2, 0.25) is 0 Å². The van der Waals surface area contributed by atoms with Crippen molar-refractivity contribution in [2.75, 3.05) is 13.2 Å². The Bertz CT molecular complexity index is 845. The van der Waals surface area contributed by atoms with E-state index >= 15 is 0 Å². The molecule has 3 rings (SSSR count). The number of fused-ring (bicyclic) bond motifs is 1. The molecule has 0 spiro atoms. The molecule has 1 aliphatic rings. The van der Waals surface area contributed by atoms with Gasteiger partial charge in [-0.2, -0.15) is 4.31 Å². The number of hydrogen-bond acceptors (Lipinski definition) is 5. The molecule has 0 amide bonds. The van der Waals surface area contributed by atoms with Crippen molar-refractivity contribution in [1.82, 2.24) is 18.8 Å². The SMILES string of the molecule is C=CCOCc1cncc2c1CCN(S(=O)(=O)c1cn(C)cn1)C2. The van der Waals surface area contributed by atoms with Crippen molar-refractivity contribution in [3.05, 3.63) is 54.3 Å². The first-order chi connectivity index (χ1) is 11.5. The topological polar surface area (TPSA) is 77.3 Å². The molecule has 0 atom stereocenters. The Labute approximate surface area is 141 Å².